The Kier molecular flexibility index (Phi) is 7.21. The van der Waals surface area contributed by atoms with Gasteiger partial charge in [0.1, 0.15) is 5.60 Å². The van der Waals surface area contributed by atoms with E-state index < -0.39 is 18.3 Å². The van der Waals surface area contributed by atoms with Crippen LogP contribution >= 0.6 is 0 Å². The van der Waals surface area contributed by atoms with Crippen LogP contribution in [0, 0.1) is 0 Å². The van der Waals surface area contributed by atoms with Gasteiger partial charge in [-0.1, -0.05) is 12.1 Å². The number of carbonyl (C=O) groups is 2. The Morgan fingerprint density at radius 1 is 1.30 bits per heavy atom. The Labute approximate surface area is 160 Å². The molecule has 2 rings (SSSR count). The molecule has 27 heavy (non-hydrogen) atoms. The molecule has 0 spiro atoms. The Morgan fingerprint density at radius 3 is 2.56 bits per heavy atom. The number of benzene rings is 1. The maximum Gasteiger partial charge on any atom is 0.410 e. The molecule has 1 aromatic rings. The molecule has 0 aliphatic carbocycles. The molecule has 1 aromatic carbocycles. The van der Waals surface area contributed by atoms with Crippen LogP contribution in [0.2, 0.25) is 0 Å². The number of aliphatic hydroxyl groups is 2. The van der Waals surface area contributed by atoms with Gasteiger partial charge in [0.15, 0.2) is 0 Å². The Hall–Kier alpha value is -2.12. The standard InChI is InChI=1S/C20H30N2O5/c1-20(2,3)27-19(26)22-9-7-14(8-10-22)15-5-4-6-16(11-15)18(25)21-12-17(24)13-23/h4-6,11,14,17,23-24H,7-10,12-13H2,1-3H3,(H,21,25). The fourth-order valence-electron chi connectivity index (χ4n) is 3.03. The van der Waals surface area contributed by atoms with Crippen LogP contribution in [-0.2, 0) is 4.74 Å². The summed E-state index contributed by atoms with van der Waals surface area (Å²) < 4.78 is 5.42. The van der Waals surface area contributed by atoms with Crippen molar-refractivity contribution < 1.29 is 24.5 Å². The molecule has 150 valence electrons. The lowest BCUT2D eigenvalue weighted by Crippen LogP contribution is -2.41. The minimum absolute atomic E-state index is 0.00778. The predicted octanol–water partition coefficient (Wildman–Crippen LogP) is 1.88. The summed E-state index contributed by atoms with van der Waals surface area (Å²) >= 11 is 0. The normalized spacial score (nSPS) is 16.7. The highest BCUT2D eigenvalue weighted by atomic mass is 16.6. The van der Waals surface area contributed by atoms with Gasteiger partial charge in [-0.2, -0.15) is 0 Å². The van der Waals surface area contributed by atoms with Gasteiger partial charge in [0.05, 0.1) is 12.7 Å². The number of rotatable bonds is 5. The van der Waals surface area contributed by atoms with Crippen molar-refractivity contribution in [1.82, 2.24) is 10.2 Å². The molecule has 0 aromatic heterocycles. The third kappa shape index (κ3) is 6.52. The van der Waals surface area contributed by atoms with E-state index in [9.17, 15) is 14.7 Å². The third-order valence-corrected chi connectivity index (χ3v) is 4.48. The first kappa shape index (κ1) is 21.2. The number of amides is 2. The minimum Gasteiger partial charge on any atom is -0.444 e. The molecule has 3 N–H and O–H groups in total. The van der Waals surface area contributed by atoms with E-state index in [1.54, 1.807) is 11.0 Å². The first-order chi connectivity index (χ1) is 12.7. The van der Waals surface area contributed by atoms with Crippen molar-refractivity contribution in [2.75, 3.05) is 26.2 Å². The highest BCUT2D eigenvalue weighted by Crippen LogP contribution is 2.29. The van der Waals surface area contributed by atoms with Crippen molar-refractivity contribution in [2.24, 2.45) is 0 Å². The summed E-state index contributed by atoms with van der Waals surface area (Å²) in [6.45, 7) is 6.43. The lowest BCUT2D eigenvalue weighted by Gasteiger charge is -2.33. The van der Waals surface area contributed by atoms with Crippen molar-refractivity contribution in [3.05, 3.63) is 35.4 Å². The molecular weight excluding hydrogens is 348 g/mol. The van der Waals surface area contributed by atoms with Crippen LogP contribution in [0.15, 0.2) is 24.3 Å². The van der Waals surface area contributed by atoms with E-state index in [0.29, 0.717) is 18.7 Å². The highest BCUT2D eigenvalue weighted by molar-refractivity contribution is 5.94. The molecule has 1 heterocycles. The fraction of sp³-hybridized carbons (Fsp3) is 0.600. The molecule has 7 nitrogen and oxygen atoms in total. The van der Waals surface area contributed by atoms with Crippen molar-refractivity contribution in [1.29, 1.82) is 0 Å². The first-order valence-electron chi connectivity index (χ1n) is 9.34. The van der Waals surface area contributed by atoms with E-state index in [2.05, 4.69) is 5.32 Å². The van der Waals surface area contributed by atoms with Gasteiger partial charge in [-0.05, 0) is 57.2 Å². The monoisotopic (exact) mass is 378 g/mol. The van der Waals surface area contributed by atoms with Gasteiger partial charge in [0, 0.05) is 25.2 Å². The number of hydrogen-bond donors (Lipinski definition) is 3. The summed E-state index contributed by atoms with van der Waals surface area (Å²) in [5, 5.41) is 20.8. The number of aliphatic hydroxyl groups excluding tert-OH is 2. The average molecular weight is 378 g/mol. The van der Waals surface area contributed by atoms with E-state index in [1.807, 2.05) is 39.0 Å². The topological polar surface area (TPSA) is 99.1 Å². The number of nitrogens with one attached hydrogen (secondary N) is 1. The van der Waals surface area contributed by atoms with E-state index in [0.717, 1.165) is 18.4 Å². The van der Waals surface area contributed by atoms with Gasteiger partial charge in [-0.3, -0.25) is 4.79 Å². The summed E-state index contributed by atoms with van der Waals surface area (Å²) in [6, 6.07) is 7.41. The number of piperidine rings is 1. The van der Waals surface area contributed by atoms with Crippen LogP contribution in [0.1, 0.15) is 55.5 Å². The lowest BCUT2D eigenvalue weighted by atomic mass is 9.88. The summed E-state index contributed by atoms with van der Waals surface area (Å²) in [5.41, 5.74) is 1.08. The SMILES string of the molecule is CC(C)(C)OC(=O)N1CCC(c2cccc(C(=O)NCC(O)CO)c2)CC1. The second-order valence-corrected chi connectivity index (χ2v) is 7.91. The molecule has 1 aliphatic heterocycles. The number of nitrogens with zero attached hydrogens (tertiary/aromatic N) is 1. The van der Waals surface area contributed by atoms with Gasteiger partial charge in [0.2, 0.25) is 0 Å². The smallest absolute Gasteiger partial charge is 0.410 e. The van der Waals surface area contributed by atoms with Crippen molar-refractivity contribution in [2.45, 2.75) is 51.2 Å². The summed E-state index contributed by atoms with van der Waals surface area (Å²) in [4.78, 5) is 26.1. The maximum atomic E-state index is 12.2. The Balaban J connectivity index is 1.93. The number of likely N-dealkylation sites (tertiary alicyclic amines) is 1. The second-order valence-electron chi connectivity index (χ2n) is 7.91. The van der Waals surface area contributed by atoms with Gasteiger partial charge >= 0.3 is 6.09 Å². The second kappa shape index (κ2) is 9.19. The van der Waals surface area contributed by atoms with Crippen LogP contribution in [0.3, 0.4) is 0 Å². The molecule has 0 saturated carbocycles. The lowest BCUT2D eigenvalue weighted by molar-refractivity contribution is 0.0205. The zero-order valence-corrected chi connectivity index (χ0v) is 16.3. The molecule has 7 heteroatoms. The largest absolute Gasteiger partial charge is 0.444 e. The van der Waals surface area contributed by atoms with Crippen LogP contribution < -0.4 is 5.32 Å². The molecule has 0 radical (unpaired) electrons. The molecule has 1 saturated heterocycles. The van der Waals surface area contributed by atoms with Crippen LogP contribution in [0.4, 0.5) is 4.79 Å². The molecule has 2 amide bonds. The van der Waals surface area contributed by atoms with E-state index in [4.69, 9.17) is 9.84 Å². The molecule has 0 bridgehead atoms. The van der Waals surface area contributed by atoms with E-state index in [-0.39, 0.29) is 24.5 Å². The van der Waals surface area contributed by atoms with Crippen molar-refractivity contribution in [3.63, 3.8) is 0 Å². The van der Waals surface area contributed by atoms with Crippen LogP contribution in [0.5, 0.6) is 0 Å². The fourth-order valence-corrected chi connectivity index (χ4v) is 3.03. The zero-order chi connectivity index (χ0) is 20.0. The van der Waals surface area contributed by atoms with E-state index in [1.165, 1.54) is 0 Å². The zero-order valence-electron chi connectivity index (χ0n) is 16.3. The molecule has 1 unspecified atom stereocenters. The maximum absolute atomic E-state index is 12.2. The van der Waals surface area contributed by atoms with Crippen molar-refractivity contribution >= 4 is 12.0 Å². The Morgan fingerprint density at radius 2 is 1.96 bits per heavy atom. The molecule has 1 fully saturated rings. The Bertz CT molecular complexity index is 648. The van der Waals surface area contributed by atoms with Gasteiger partial charge in [0.25, 0.3) is 5.91 Å². The molecule has 1 aliphatic rings. The van der Waals surface area contributed by atoms with Gasteiger partial charge < -0.3 is 25.2 Å². The van der Waals surface area contributed by atoms with Crippen molar-refractivity contribution in [3.8, 4) is 0 Å². The third-order valence-electron chi connectivity index (χ3n) is 4.48. The average Bonchev–Trinajstić information content (AvgIpc) is 2.64. The predicted molar refractivity (Wildman–Crippen MR) is 102 cm³/mol. The van der Waals surface area contributed by atoms with Gasteiger partial charge in [-0.25, -0.2) is 4.79 Å². The number of carbonyl (C=O) groups excluding carboxylic acids is 2. The van der Waals surface area contributed by atoms with Crippen LogP contribution in [-0.4, -0.2) is 65.1 Å². The van der Waals surface area contributed by atoms with Crippen LogP contribution in [0.25, 0.3) is 0 Å². The quantitative estimate of drug-likeness (QED) is 0.727. The molecule has 1 atom stereocenters. The summed E-state index contributed by atoms with van der Waals surface area (Å²) in [7, 11) is 0. The van der Waals surface area contributed by atoms with E-state index >= 15 is 0 Å². The summed E-state index contributed by atoms with van der Waals surface area (Å²) in [5.74, 6) is -0.00462. The first-order valence-corrected chi connectivity index (χ1v) is 9.34. The number of hydrogen-bond acceptors (Lipinski definition) is 5. The summed E-state index contributed by atoms with van der Waals surface area (Å²) in [6.07, 6.45) is 0.381. The highest BCUT2D eigenvalue weighted by Gasteiger charge is 2.27. The number of ether oxygens (including phenoxy) is 1. The molecular formula is C20H30N2O5. The minimum atomic E-state index is -0.964. The van der Waals surface area contributed by atoms with Gasteiger partial charge in [-0.15, -0.1) is 0 Å².